The summed E-state index contributed by atoms with van der Waals surface area (Å²) in [5.41, 5.74) is 4.33. The van der Waals surface area contributed by atoms with Crippen LogP contribution in [0, 0.1) is 5.92 Å². The van der Waals surface area contributed by atoms with E-state index in [-0.39, 0.29) is 30.2 Å². The lowest BCUT2D eigenvalue weighted by atomic mass is 10.1. The quantitative estimate of drug-likeness (QED) is 0.787. The summed E-state index contributed by atoms with van der Waals surface area (Å²) in [6.07, 6.45) is -4.71. The zero-order valence-electron chi connectivity index (χ0n) is 12.0. The fourth-order valence-electron chi connectivity index (χ4n) is 1.57. The van der Waals surface area contributed by atoms with Crippen LogP contribution in [0.2, 0.25) is 0 Å². The number of alkyl halides is 3. The fourth-order valence-corrected chi connectivity index (χ4v) is 2.51. The summed E-state index contributed by atoms with van der Waals surface area (Å²) < 4.78 is 43.4. The number of hydrogen-bond acceptors (Lipinski definition) is 6. The minimum absolute atomic E-state index is 0.00574. The molecule has 1 heterocycles. The number of carbonyl (C=O) groups excluding carboxylic acids is 1. The molecule has 0 saturated heterocycles. The van der Waals surface area contributed by atoms with Crippen molar-refractivity contribution in [3.05, 3.63) is 10.6 Å². The molecule has 1 rings (SSSR count). The largest absolute Gasteiger partial charge is 0.462 e. The molecule has 21 heavy (non-hydrogen) atoms. The molecule has 3 N–H and O–H groups in total. The van der Waals surface area contributed by atoms with Gasteiger partial charge in [-0.3, -0.25) is 0 Å². The number of ether oxygens (including phenoxy) is 1. The Labute approximate surface area is 124 Å². The second kappa shape index (κ2) is 7.08. The summed E-state index contributed by atoms with van der Waals surface area (Å²) >= 11 is 0.623. The van der Waals surface area contributed by atoms with Crippen LogP contribution in [0.3, 0.4) is 0 Å². The molecule has 0 aliphatic carbocycles. The third-order valence-corrected chi connectivity index (χ3v) is 3.69. The number of nitrogens with two attached hydrogens (primary N) is 1. The maximum Gasteiger partial charge on any atom is 0.435 e. The van der Waals surface area contributed by atoms with E-state index in [1.54, 1.807) is 0 Å². The lowest BCUT2D eigenvalue weighted by molar-refractivity contribution is -0.141. The number of carbonyl (C=O) groups is 1. The van der Waals surface area contributed by atoms with Crippen molar-refractivity contribution in [1.29, 1.82) is 0 Å². The number of hydrogen-bond donors (Lipinski definition) is 2. The Morgan fingerprint density at radius 2 is 2.10 bits per heavy atom. The normalized spacial score (nSPS) is 13.3. The molecule has 1 aromatic heterocycles. The lowest BCUT2D eigenvalue weighted by Gasteiger charge is -2.19. The first-order valence-electron chi connectivity index (χ1n) is 6.42. The van der Waals surface area contributed by atoms with Gasteiger partial charge in [-0.2, -0.15) is 13.2 Å². The lowest BCUT2D eigenvalue weighted by Crippen LogP contribution is -2.33. The molecule has 120 valence electrons. The van der Waals surface area contributed by atoms with Gasteiger partial charge in [0, 0.05) is 12.6 Å². The SMILES string of the molecule is CCOC(=O)c1sc(N[C@@H](CN)C(C)C)nc1C(F)(F)F. The second-order valence-electron chi connectivity index (χ2n) is 4.65. The van der Waals surface area contributed by atoms with Gasteiger partial charge < -0.3 is 15.8 Å². The first-order valence-corrected chi connectivity index (χ1v) is 7.24. The zero-order valence-corrected chi connectivity index (χ0v) is 12.8. The molecule has 5 nitrogen and oxygen atoms in total. The van der Waals surface area contributed by atoms with Crippen molar-refractivity contribution in [3.8, 4) is 0 Å². The number of nitrogens with zero attached hydrogens (tertiary/aromatic N) is 1. The Hall–Kier alpha value is -1.35. The molecular weight excluding hydrogens is 307 g/mol. The van der Waals surface area contributed by atoms with E-state index in [4.69, 9.17) is 5.73 Å². The summed E-state index contributed by atoms with van der Waals surface area (Å²) in [5.74, 6) is -0.913. The zero-order chi connectivity index (χ0) is 16.2. The molecule has 0 radical (unpaired) electrons. The highest BCUT2D eigenvalue weighted by atomic mass is 32.1. The average molecular weight is 325 g/mol. The van der Waals surface area contributed by atoms with E-state index in [1.165, 1.54) is 6.92 Å². The number of nitrogens with one attached hydrogen (secondary N) is 1. The molecular formula is C12H18F3N3O2S. The number of halogens is 3. The van der Waals surface area contributed by atoms with Crippen molar-refractivity contribution in [1.82, 2.24) is 4.98 Å². The Morgan fingerprint density at radius 3 is 2.52 bits per heavy atom. The minimum atomic E-state index is -4.71. The van der Waals surface area contributed by atoms with Crippen molar-refractivity contribution < 1.29 is 22.7 Å². The summed E-state index contributed by atoms with van der Waals surface area (Å²) in [5, 5.41) is 2.84. The highest BCUT2D eigenvalue weighted by Crippen LogP contribution is 2.36. The van der Waals surface area contributed by atoms with Crippen LogP contribution in [0.5, 0.6) is 0 Å². The maximum atomic E-state index is 12.9. The number of esters is 1. The Balaban J connectivity index is 3.11. The van der Waals surface area contributed by atoms with Gasteiger partial charge in [-0.15, -0.1) is 0 Å². The molecule has 0 saturated carbocycles. The first kappa shape index (κ1) is 17.7. The third-order valence-electron chi connectivity index (χ3n) is 2.72. The van der Waals surface area contributed by atoms with Crippen LogP contribution in [0.15, 0.2) is 0 Å². The third kappa shape index (κ3) is 4.57. The Kier molecular flexibility index (Phi) is 5.97. The number of anilines is 1. The standard InChI is InChI=1S/C12H18F3N3O2S/c1-4-20-10(19)8-9(12(13,14)15)18-11(21-8)17-7(5-16)6(2)3/h6-7H,4-5,16H2,1-3H3,(H,17,18)/t7-/m0/s1. The second-order valence-corrected chi connectivity index (χ2v) is 5.64. The van der Waals surface area contributed by atoms with E-state index in [9.17, 15) is 18.0 Å². The summed E-state index contributed by atoms with van der Waals surface area (Å²) in [4.78, 5) is 14.5. The Bertz CT molecular complexity index is 489. The topological polar surface area (TPSA) is 77.2 Å². The van der Waals surface area contributed by atoms with E-state index < -0.39 is 22.7 Å². The average Bonchev–Trinajstić information content (AvgIpc) is 2.79. The molecule has 0 amide bonds. The number of thiazole rings is 1. The van der Waals surface area contributed by atoms with Gasteiger partial charge in [0.05, 0.1) is 6.61 Å². The van der Waals surface area contributed by atoms with E-state index in [1.807, 2.05) is 13.8 Å². The highest BCUT2D eigenvalue weighted by molar-refractivity contribution is 7.17. The van der Waals surface area contributed by atoms with Gasteiger partial charge in [0.1, 0.15) is 4.88 Å². The van der Waals surface area contributed by atoms with Crippen LogP contribution < -0.4 is 11.1 Å². The summed E-state index contributed by atoms with van der Waals surface area (Å²) in [7, 11) is 0. The van der Waals surface area contributed by atoms with Crippen LogP contribution in [0.1, 0.15) is 36.1 Å². The molecule has 0 unspecified atom stereocenters. The minimum Gasteiger partial charge on any atom is -0.462 e. The van der Waals surface area contributed by atoms with E-state index in [0.717, 1.165) is 0 Å². The van der Waals surface area contributed by atoms with Gasteiger partial charge in [0.2, 0.25) is 0 Å². The van der Waals surface area contributed by atoms with Crippen LogP contribution in [-0.4, -0.2) is 30.1 Å². The molecule has 1 aromatic rings. The van der Waals surface area contributed by atoms with Crippen molar-refractivity contribution in [2.75, 3.05) is 18.5 Å². The van der Waals surface area contributed by atoms with Crippen LogP contribution in [-0.2, 0) is 10.9 Å². The van der Waals surface area contributed by atoms with Gasteiger partial charge in [-0.25, -0.2) is 9.78 Å². The molecule has 0 fully saturated rings. The molecule has 0 aromatic carbocycles. The predicted octanol–water partition coefficient (Wildman–Crippen LogP) is 2.73. The fraction of sp³-hybridized carbons (Fsp3) is 0.667. The van der Waals surface area contributed by atoms with Crippen LogP contribution in [0.4, 0.5) is 18.3 Å². The van der Waals surface area contributed by atoms with Gasteiger partial charge in [0.25, 0.3) is 0 Å². The number of rotatable bonds is 6. The van der Waals surface area contributed by atoms with Crippen molar-refractivity contribution >= 4 is 22.4 Å². The summed E-state index contributed by atoms with van der Waals surface area (Å²) in [6.45, 7) is 5.53. The predicted molar refractivity (Wildman–Crippen MR) is 74.4 cm³/mol. The van der Waals surface area contributed by atoms with E-state index in [2.05, 4.69) is 15.0 Å². The molecule has 0 spiro atoms. The molecule has 1 atom stereocenters. The van der Waals surface area contributed by atoms with Gasteiger partial charge >= 0.3 is 12.1 Å². The van der Waals surface area contributed by atoms with Crippen molar-refractivity contribution in [2.45, 2.75) is 33.0 Å². The molecule has 0 aliphatic rings. The van der Waals surface area contributed by atoms with E-state index >= 15 is 0 Å². The smallest absolute Gasteiger partial charge is 0.435 e. The van der Waals surface area contributed by atoms with E-state index in [0.29, 0.717) is 11.3 Å². The maximum absolute atomic E-state index is 12.9. The van der Waals surface area contributed by atoms with Crippen LogP contribution >= 0.6 is 11.3 Å². The Morgan fingerprint density at radius 1 is 1.48 bits per heavy atom. The van der Waals surface area contributed by atoms with Crippen molar-refractivity contribution in [3.63, 3.8) is 0 Å². The van der Waals surface area contributed by atoms with Gasteiger partial charge in [-0.05, 0) is 12.8 Å². The first-order chi connectivity index (χ1) is 9.70. The molecule has 9 heteroatoms. The van der Waals surface area contributed by atoms with Gasteiger partial charge in [-0.1, -0.05) is 25.2 Å². The molecule has 0 aliphatic heterocycles. The summed E-state index contributed by atoms with van der Waals surface area (Å²) in [6, 6.07) is -0.229. The van der Waals surface area contributed by atoms with Crippen LogP contribution in [0.25, 0.3) is 0 Å². The monoisotopic (exact) mass is 325 g/mol. The van der Waals surface area contributed by atoms with Crippen molar-refractivity contribution in [2.24, 2.45) is 11.7 Å². The molecule has 0 bridgehead atoms. The highest BCUT2D eigenvalue weighted by Gasteiger charge is 2.40. The van der Waals surface area contributed by atoms with Gasteiger partial charge in [0.15, 0.2) is 10.8 Å². The number of aromatic nitrogens is 1.